The van der Waals surface area contributed by atoms with E-state index in [1.54, 1.807) is 11.3 Å². The maximum absolute atomic E-state index is 12.5. The number of hydrogen-bond donors (Lipinski definition) is 3. The molecule has 0 aromatic carbocycles. The molecule has 2 aliphatic rings. The molecule has 2 aromatic rings. The van der Waals surface area contributed by atoms with Crippen LogP contribution >= 0.6 is 11.3 Å². The average molecular weight is 359 g/mol. The quantitative estimate of drug-likeness (QED) is 0.778. The van der Waals surface area contributed by atoms with Crippen LogP contribution in [0.4, 0.5) is 5.13 Å². The van der Waals surface area contributed by atoms with Crippen molar-refractivity contribution in [2.24, 2.45) is 0 Å². The second kappa shape index (κ2) is 7.66. The fraction of sp³-hybridized carbons (Fsp3) is 0.611. The molecule has 1 aliphatic carbocycles. The molecule has 0 unspecified atom stereocenters. The summed E-state index contributed by atoms with van der Waals surface area (Å²) >= 11 is 1.59. The van der Waals surface area contributed by atoms with Crippen molar-refractivity contribution in [2.75, 3.05) is 18.4 Å². The zero-order valence-corrected chi connectivity index (χ0v) is 15.2. The highest BCUT2D eigenvalue weighted by atomic mass is 32.1. The third-order valence-corrected chi connectivity index (χ3v) is 6.44. The van der Waals surface area contributed by atoms with Crippen LogP contribution in [-0.2, 0) is 0 Å². The van der Waals surface area contributed by atoms with Gasteiger partial charge in [-0.2, -0.15) is 5.10 Å². The molecular weight excluding hydrogens is 334 g/mol. The lowest BCUT2D eigenvalue weighted by Crippen LogP contribution is -2.26. The van der Waals surface area contributed by atoms with Gasteiger partial charge in [0.2, 0.25) is 0 Å². The van der Waals surface area contributed by atoms with Crippen LogP contribution in [0.1, 0.15) is 77.8 Å². The largest absolute Gasteiger partial charge is 0.317 e. The summed E-state index contributed by atoms with van der Waals surface area (Å²) in [7, 11) is 0. The normalized spacial score (nSPS) is 19.8. The Bertz CT molecular complexity index is 713. The summed E-state index contributed by atoms with van der Waals surface area (Å²) in [5, 5.41) is 14.2. The van der Waals surface area contributed by atoms with Gasteiger partial charge in [-0.15, -0.1) is 11.3 Å². The summed E-state index contributed by atoms with van der Waals surface area (Å²) in [6, 6.07) is 1.91. The van der Waals surface area contributed by atoms with Crippen LogP contribution in [0.25, 0.3) is 0 Å². The number of carbonyl (C=O) groups is 1. The topological polar surface area (TPSA) is 82.7 Å². The van der Waals surface area contributed by atoms with Crippen molar-refractivity contribution in [3.05, 3.63) is 28.5 Å². The molecule has 3 N–H and O–H groups in total. The SMILES string of the molecule is O=C(Nc1ncc(C2CCNCC2)s1)c1cc(C2CCCCC2)[nH]n1. The zero-order chi connectivity index (χ0) is 17.1. The highest BCUT2D eigenvalue weighted by Gasteiger charge is 2.21. The first-order valence-corrected chi connectivity index (χ1v) is 10.1. The second-order valence-corrected chi connectivity index (χ2v) is 8.15. The van der Waals surface area contributed by atoms with Crippen molar-refractivity contribution in [1.82, 2.24) is 20.5 Å². The Morgan fingerprint density at radius 3 is 2.72 bits per heavy atom. The molecule has 134 valence electrons. The number of piperidine rings is 1. The molecule has 4 rings (SSSR count). The molecule has 0 spiro atoms. The third kappa shape index (κ3) is 3.93. The molecule has 1 saturated heterocycles. The van der Waals surface area contributed by atoms with E-state index < -0.39 is 0 Å². The predicted octanol–water partition coefficient (Wildman–Crippen LogP) is 3.63. The Morgan fingerprint density at radius 2 is 1.92 bits per heavy atom. The minimum Gasteiger partial charge on any atom is -0.317 e. The summed E-state index contributed by atoms with van der Waals surface area (Å²) in [5.41, 5.74) is 1.55. The molecular formula is C18H25N5OS. The molecule has 0 bridgehead atoms. The molecule has 3 heterocycles. The van der Waals surface area contributed by atoms with Crippen LogP contribution in [0.15, 0.2) is 12.3 Å². The number of carbonyl (C=O) groups excluding carboxylic acids is 1. The van der Waals surface area contributed by atoms with Gasteiger partial charge in [-0.3, -0.25) is 15.2 Å². The molecule has 1 amide bonds. The first kappa shape index (κ1) is 16.7. The number of anilines is 1. The third-order valence-electron chi connectivity index (χ3n) is 5.36. The van der Waals surface area contributed by atoms with E-state index >= 15 is 0 Å². The summed E-state index contributed by atoms with van der Waals surface area (Å²) < 4.78 is 0. The lowest BCUT2D eigenvalue weighted by atomic mass is 9.87. The number of thiazole rings is 1. The molecule has 2 aromatic heterocycles. The smallest absolute Gasteiger partial charge is 0.277 e. The minimum absolute atomic E-state index is 0.176. The number of rotatable bonds is 4. The Hall–Kier alpha value is -1.73. The van der Waals surface area contributed by atoms with Gasteiger partial charge in [0.1, 0.15) is 0 Å². The van der Waals surface area contributed by atoms with Gasteiger partial charge in [0.05, 0.1) is 0 Å². The van der Waals surface area contributed by atoms with E-state index in [1.807, 2.05) is 12.3 Å². The van der Waals surface area contributed by atoms with Crippen molar-refractivity contribution in [2.45, 2.75) is 56.8 Å². The Balaban J connectivity index is 1.38. The molecule has 1 aliphatic heterocycles. The van der Waals surface area contributed by atoms with Crippen molar-refractivity contribution >= 4 is 22.4 Å². The van der Waals surface area contributed by atoms with E-state index in [0.717, 1.165) is 31.6 Å². The molecule has 1 saturated carbocycles. The maximum atomic E-state index is 12.5. The lowest BCUT2D eigenvalue weighted by Gasteiger charge is -2.20. The van der Waals surface area contributed by atoms with Gasteiger partial charge in [0.25, 0.3) is 5.91 Å². The average Bonchev–Trinajstić information content (AvgIpc) is 3.33. The van der Waals surface area contributed by atoms with Gasteiger partial charge >= 0.3 is 0 Å². The van der Waals surface area contributed by atoms with E-state index in [0.29, 0.717) is 22.7 Å². The van der Waals surface area contributed by atoms with E-state index in [2.05, 4.69) is 25.8 Å². The van der Waals surface area contributed by atoms with E-state index in [9.17, 15) is 4.79 Å². The zero-order valence-electron chi connectivity index (χ0n) is 14.4. The van der Waals surface area contributed by atoms with Crippen molar-refractivity contribution < 1.29 is 4.79 Å². The Kier molecular flexibility index (Phi) is 5.12. The summed E-state index contributed by atoms with van der Waals surface area (Å²) in [4.78, 5) is 18.1. The van der Waals surface area contributed by atoms with Crippen LogP contribution in [-0.4, -0.2) is 34.2 Å². The Morgan fingerprint density at radius 1 is 1.12 bits per heavy atom. The van der Waals surface area contributed by atoms with Crippen molar-refractivity contribution in [3.8, 4) is 0 Å². The molecule has 6 nitrogen and oxygen atoms in total. The molecule has 0 atom stereocenters. The van der Waals surface area contributed by atoms with Gasteiger partial charge < -0.3 is 5.32 Å². The van der Waals surface area contributed by atoms with E-state index in [1.165, 1.54) is 37.0 Å². The molecule has 7 heteroatoms. The minimum atomic E-state index is -0.176. The van der Waals surface area contributed by atoms with Crippen LogP contribution < -0.4 is 10.6 Å². The van der Waals surface area contributed by atoms with Crippen molar-refractivity contribution in [1.29, 1.82) is 0 Å². The van der Waals surface area contributed by atoms with Gasteiger partial charge in [-0.25, -0.2) is 4.98 Å². The highest BCUT2D eigenvalue weighted by Crippen LogP contribution is 2.33. The number of hydrogen-bond acceptors (Lipinski definition) is 5. The van der Waals surface area contributed by atoms with Crippen LogP contribution in [0.3, 0.4) is 0 Å². The fourth-order valence-corrected chi connectivity index (χ4v) is 4.86. The molecule has 2 fully saturated rings. The number of H-pyrrole nitrogens is 1. The van der Waals surface area contributed by atoms with Gasteiger partial charge in [0, 0.05) is 22.7 Å². The van der Waals surface area contributed by atoms with Gasteiger partial charge in [-0.1, -0.05) is 19.3 Å². The highest BCUT2D eigenvalue weighted by molar-refractivity contribution is 7.15. The molecule has 0 radical (unpaired) electrons. The lowest BCUT2D eigenvalue weighted by molar-refractivity contribution is 0.102. The van der Waals surface area contributed by atoms with Gasteiger partial charge in [0.15, 0.2) is 10.8 Å². The van der Waals surface area contributed by atoms with Crippen LogP contribution in [0.5, 0.6) is 0 Å². The van der Waals surface area contributed by atoms with Crippen molar-refractivity contribution in [3.63, 3.8) is 0 Å². The fourth-order valence-electron chi connectivity index (χ4n) is 3.88. The number of amides is 1. The first-order chi connectivity index (χ1) is 12.3. The number of nitrogens with zero attached hydrogens (tertiary/aromatic N) is 2. The molecule has 25 heavy (non-hydrogen) atoms. The van der Waals surface area contributed by atoms with E-state index in [4.69, 9.17) is 0 Å². The Labute approximate surface area is 151 Å². The monoisotopic (exact) mass is 359 g/mol. The number of aromatic nitrogens is 3. The maximum Gasteiger partial charge on any atom is 0.277 e. The number of aromatic amines is 1. The van der Waals surface area contributed by atoms with E-state index in [-0.39, 0.29) is 5.91 Å². The predicted molar refractivity (Wildman–Crippen MR) is 99.3 cm³/mol. The van der Waals surface area contributed by atoms with Crippen LogP contribution in [0, 0.1) is 0 Å². The summed E-state index contributed by atoms with van der Waals surface area (Å²) in [5.74, 6) is 0.909. The standard InChI is InChI=1S/C18H25N5OS/c24-17(15-10-14(22-23-15)12-4-2-1-3-5-12)21-18-20-11-16(25-18)13-6-8-19-9-7-13/h10-13,19H,1-9H2,(H,22,23)(H,20,21,24). The number of nitrogens with one attached hydrogen (secondary N) is 3. The van der Waals surface area contributed by atoms with Gasteiger partial charge in [-0.05, 0) is 50.8 Å². The summed E-state index contributed by atoms with van der Waals surface area (Å²) in [6.07, 6.45) is 10.4. The summed E-state index contributed by atoms with van der Waals surface area (Å²) in [6.45, 7) is 2.11. The second-order valence-electron chi connectivity index (χ2n) is 7.09. The van der Waals surface area contributed by atoms with Crippen LogP contribution in [0.2, 0.25) is 0 Å². The first-order valence-electron chi connectivity index (χ1n) is 9.32.